The summed E-state index contributed by atoms with van der Waals surface area (Å²) in [5.41, 5.74) is 1.33. The number of aromatic hydroxyl groups is 1. The van der Waals surface area contributed by atoms with Crippen LogP contribution in [0.15, 0.2) is 34.0 Å². The molecule has 0 spiro atoms. The highest BCUT2D eigenvalue weighted by Gasteiger charge is 2.09. The van der Waals surface area contributed by atoms with E-state index >= 15 is 0 Å². The number of hydrogen-bond acceptors (Lipinski definition) is 4. The zero-order valence-corrected chi connectivity index (χ0v) is 12.5. The van der Waals surface area contributed by atoms with E-state index < -0.39 is 0 Å². The van der Waals surface area contributed by atoms with Gasteiger partial charge >= 0.3 is 0 Å². The van der Waals surface area contributed by atoms with Crippen LogP contribution in [0.2, 0.25) is 0 Å². The second kappa shape index (κ2) is 6.61. The number of rotatable bonds is 5. The zero-order valence-electron chi connectivity index (χ0n) is 11.6. The van der Waals surface area contributed by atoms with Crippen molar-refractivity contribution >= 4 is 11.8 Å². The first-order valence-electron chi connectivity index (χ1n) is 6.60. The van der Waals surface area contributed by atoms with Gasteiger partial charge in [-0.05, 0) is 25.5 Å². The third kappa shape index (κ3) is 3.63. The molecule has 2 N–H and O–H groups in total. The molecular weight excluding hydrogens is 272 g/mol. The van der Waals surface area contributed by atoms with Crippen LogP contribution in [-0.4, -0.2) is 15.1 Å². The van der Waals surface area contributed by atoms with E-state index in [0.717, 1.165) is 11.3 Å². The highest BCUT2D eigenvalue weighted by Crippen LogP contribution is 2.22. The van der Waals surface area contributed by atoms with Gasteiger partial charge in [-0.1, -0.05) is 31.0 Å². The lowest BCUT2D eigenvalue weighted by molar-refractivity contribution is 0.440. The lowest BCUT2D eigenvalue weighted by Gasteiger charge is -2.05. The van der Waals surface area contributed by atoms with Crippen LogP contribution in [0.3, 0.4) is 0 Å². The van der Waals surface area contributed by atoms with E-state index in [9.17, 15) is 9.90 Å². The number of H-pyrrole nitrogens is 1. The fraction of sp³-hybridized carbons (Fsp3) is 0.333. The average Bonchev–Trinajstić information content (AvgIpc) is 2.41. The number of aromatic amines is 1. The molecule has 0 unspecified atom stereocenters. The molecule has 0 amide bonds. The molecule has 0 aliphatic rings. The summed E-state index contributed by atoms with van der Waals surface area (Å²) in [5.74, 6) is 0.882. The Morgan fingerprint density at radius 1 is 1.40 bits per heavy atom. The summed E-state index contributed by atoms with van der Waals surface area (Å²) in [4.78, 5) is 19.8. The summed E-state index contributed by atoms with van der Waals surface area (Å²) in [7, 11) is 0. The fourth-order valence-corrected chi connectivity index (χ4v) is 2.82. The van der Waals surface area contributed by atoms with Gasteiger partial charge in [0.15, 0.2) is 0 Å². The monoisotopic (exact) mass is 290 g/mol. The summed E-state index contributed by atoms with van der Waals surface area (Å²) in [6.45, 7) is 4.00. The van der Waals surface area contributed by atoms with E-state index in [1.54, 1.807) is 11.8 Å². The average molecular weight is 290 g/mol. The van der Waals surface area contributed by atoms with Gasteiger partial charge in [-0.15, -0.1) is 11.8 Å². The quantitative estimate of drug-likeness (QED) is 0.831. The summed E-state index contributed by atoms with van der Waals surface area (Å²) in [6, 6.07) is 8.13. The van der Waals surface area contributed by atoms with Crippen molar-refractivity contribution in [3.63, 3.8) is 0 Å². The van der Waals surface area contributed by atoms with Crippen LogP contribution in [0.1, 0.15) is 30.3 Å². The Hall–Kier alpha value is -1.75. The number of thioether (sulfide) groups is 1. The second-order valence-corrected chi connectivity index (χ2v) is 5.72. The first-order valence-corrected chi connectivity index (χ1v) is 7.59. The third-order valence-electron chi connectivity index (χ3n) is 2.91. The highest BCUT2D eigenvalue weighted by atomic mass is 32.2. The van der Waals surface area contributed by atoms with Crippen molar-refractivity contribution in [3.8, 4) is 5.88 Å². The van der Waals surface area contributed by atoms with Gasteiger partial charge < -0.3 is 10.1 Å². The minimum Gasteiger partial charge on any atom is -0.493 e. The van der Waals surface area contributed by atoms with Crippen LogP contribution in [0.5, 0.6) is 5.88 Å². The minimum absolute atomic E-state index is 0.143. The van der Waals surface area contributed by atoms with Crippen molar-refractivity contribution in [1.29, 1.82) is 0 Å². The predicted molar refractivity (Wildman–Crippen MR) is 81.3 cm³/mol. The molecule has 20 heavy (non-hydrogen) atoms. The van der Waals surface area contributed by atoms with Crippen LogP contribution in [0.4, 0.5) is 0 Å². The smallest absolute Gasteiger partial charge is 0.257 e. The molecule has 0 aliphatic carbocycles. The van der Waals surface area contributed by atoms with Crippen molar-refractivity contribution in [2.24, 2.45) is 0 Å². The molecule has 0 radical (unpaired) electrons. The molecule has 1 heterocycles. The second-order valence-electron chi connectivity index (χ2n) is 4.67. The maximum atomic E-state index is 11.9. The van der Waals surface area contributed by atoms with E-state index in [1.165, 1.54) is 5.56 Å². The van der Waals surface area contributed by atoms with Crippen LogP contribution >= 0.6 is 11.8 Å². The van der Waals surface area contributed by atoms with E-state index in [1.807, 2.05) is 32.0 Å². The normalized spacial score (nSPS) is 10.7. The van der Waals surface area contributed by atoms with Crippen LogP contribution in [0.25, 0.3) is 0 Å². The van der Waals surface area contributed by atoms with Gasteiger partial charge in [0.2, 0.25) is 5.88 Å². The lowest BCUT2D eigenvalue weighted by Crippen LogP contribution is -2.16. The first kappa shape index (κ1) is 14.7. The van der Waals surface area contributed by atoms with E-state index in [-0.39, 0.29) is 11.4 Å². The zero-order chi connectivity index (χ0) is 14.5. The van der Waals surface area contributed by atoms with Crippen molar-refractivity contribution in [2.75, 3.05) is 0 Å². The van der Waals surface area contributed by atoms with Crippen molar-refractivity contribution in [1.82, 2.24) is 9.97 Å². The summed E-state index contributed by atoms with van der Waals surface area (Å²) in [5, 5.41) is 9.80. The van der Waals surface area contributed by atoms with Crippen molar-refractivity contribution in [3.05, 3.63) is 51.6 Å². The fourth-order valence-electron chi connectivity index (χ4n) is 1.93. The Kier molecular flexibility index (Phi) is 4.84. The van der Waals surface area contributed by atoms with E-state index in [0.29, 0.717) is 23.6 Å². The Morgan fingerprint density at radius 3 is 2.85 bits per heavy atom. The molecular formula is C15H18N2O2S. The minimum atomic E-state index is -0.237. The maximum Gasteiger partial charge on any atom is 0.257 e. The van der Waals surface area contributed by atoms with Gasteiger partial charge in [0.05, 0.1) is 11.3 Å². The molecule has 2 aromatic rings. The molecule has 1 aromatic carbocycles. The number of nitrogens with one attached hydrogen (secondary N) is 1. The largest absolute Gasteiger partial charge is 0.493 e. The standard InChI is InChI=1S/C15H18N2O2S/c1-3-5-12-14(18)16-13(17-15(12)19)9-20-11-7-4-6-10(2)8-11/h4,6-8H,3,5,9H2,1-2H3,(H2,16,17,18,19). The Balaban J connectivity index is 2.13. The van der Waals surface area contributed by atoms with Gasteiger partial charge in [0.25, 0.3) is 5.56 Å². The molecule has 4 nitrogen and oxygen atoms in total. The Bertz CT molecular complexity index is 653. The summed E-state index contributed by atoms with van der Waals surface area (Å²) >= 11 is 1.58. The molecule has 0 aliphatic heterocycles. The van der Waals surface area contributed by atoms with Gasteiger partial charge in [0, 0.05) is 4.90 Å². The predicted octanol–water partition coefficient (Wildman–Crippen LogP) is 3.03. The van der Waals surface area contributed by atoms with Crippen molar-refractivity contribution < 1.29 is 5.11 Å². The van der Waals surface area contributed by atoms with Crippen LogP contribution in [-0.2, 0) is 12.2 Å². The molecule has 0 atom stereocenters. The van der Waals surface area contributed by atoms with Gasteiger partial charge in [-0.2, -0.15) is 4.98 Å². The molecule has 0 saturated carbocycles. The Labute approximate surface area is 122 Å². The number of benzene rings is 1. The highest BCUT2D eigenvalue weighted by molar-refractivity contribution is 7.98. The molecule has 2 rings (SSSR count). The third-order valence-corrected chi connectivity index (χ3v) is 3.91. The van der Waals surface area contributed by atoms with Gasteiger partial charge in [0.1, 0.15) is 5.82 Å². The lowest BCUT2D eigenvalue weighted by atomic mass is 10.2. The van der Waals surface area contributed by atoms with Gasteiger partial charge in [-0.25, -0.2) is 0 Å². The first-order chi connectivity index (χ1) is 9.60. The Morgan fingerprint density at radius 2 is 2.20 bits per heavy atom. The number of aromatic nitrogens is 2. The number of hydrogen-bond donors (Lipinski definition) is 2. The molecule has 0 saturated heterocycles. The SMILES string of the molecule is CCCc1c(O)nc(CSc2cccc(C)c2)[nH]c1=O. The van der Waals surface area contributed by atoms with Crippen molar-refractivity contribution in [2.45, 2.75) is 37.3 Å². The van der Waals surface area contributed by atoms with Crippen LogP contribution in [0, 0.1) is 6.92 Å². The molecule has 106 valence electrons. The molecule has 1 aromatic heterocycles. The summed E-state index contributed by atoms with van der Waals surface area (Å²) < 4.78 is 0. The van der Waals surface area contributed by atoms with Crippen LogP contribution < -0.4 is 5.56 Å². The molecule has 5 heteroatoms. The maximum absolute atomic E-state index is 11.9. The molecule has 0 bridgehead atoms. The number of nitrogens with zero attached hydrogens (tertiary/aromatic N) is 1. The van der Waals surface area contributed by atoms with Gasteiger partial charge in [-0.3, -0.25) is 4.79 Å². The van der Waals surface area contributed by atoms with E-state index in [4.69, 9.17) is 0 Å². The topological polar surface area (TPSA) is 66.0 Å². The molecule has 0 fully saturated rings. The van der Waals surface area contributed by atoms with E-state index in [2.05, 4.69) is 16.0 Å². The summed E-state index contributed by atoms with van der Waals surface area (Å²) in [6.07, 6.45) is 1.34. The number of aryl methyl sites for hydroxylation is 1.